The van der Waals surface area contributed by atoms with Crippen LogP contribution in [0.2, 0.25) is 0 Å². The molecule has 0 aromatic carbocycles. The highest BCUT2D eigenvalue weighted by atomic mass is 16.6. The van der Waals surface area contributed by atoms with E-state index in [1.807, 2.05) is 0 Å². The summed E-state index contributed by atoms with van der Waals surface area (Å²) in [5, 5.41) is 0. The summed E-state index contributed by atoms with van der Waals surface area (Å²) in [4.78, 5) is 38.5. The molecule has 6 heteroatoms. The van der Waals surface area contributed by atoms with Crippen LogP contribution in [0.5, 0.6) is 0 Å². The molecular weight excluding hydrogens is 1020 g/mol. The molecule has 0 fully saturated rings. The van der Waals surface area contributed by atoms with Gasteiger partial charge in [0.25, 0.3) is 0 Å². The number of esters is 3. The van der Waals surface area contributed by atoms with E-state index in [1.54, 1.807) is 0 Å². The lowest BCUT2D eigenvalue weighted by Gasteiger charge is -2.18. The molecule has 0 saturated heterocycles. The summed E-state index contributed by atoms with van der Waals surface area (Å²) >= 11 is 0. The van der Waals surface area contributed by atoms with Crippen LogP contribution in [0, 0.1) is 0 Å². The van der Waals surface area contributed by atoms with Crippen LogP contribution in [-0.4, -0.2) is 37.2 Å². The lowest BCUT2D eigenvalue weighted by atomic mass is 10.0. The zero-order valence-corrected chi connectivity index (χ0v) is 55.5. The molecule has 0 aromatic rings. The number of ether oxygens (including phenoxy) is 3. The number of carbonyl (C=O) groups excluding carboxylic acids is 3. The van der Waals surface area contributed by atoms with Crippen LogP contribution in [-0.2, 0) is 28.6 Å². The van der Waals surface area contributed by atoms with Gasteiger partial charge in [0.1, 0.15) is 13.2 Å². The van der Waals surface area contributed by atoms with Crippen molar-refractivity contribution in [3.8, 4) is 0 Å². The molecule has 0 bridgehead atoms. The van der Waals surface area contributed by atoms with E-state index in [2.05, 4.69) is 93.7 Å². The fourth-order valence-electron chi connectivity index (χ4n) is 10.8. The first kappa shape index (κ1) is 79.8. The molecule has 0 saturated carbocycles. The molecule has 0 spiro atoms. The monoisotopic (exact) mass is 1160 g/mol. The Balaban J connectivity index is 4.23. The van der Waals surface area contributed by atoms with Gasteiger partial charge < -0.3 is 14.2 Å². The van der Waals surface area contributed by atoms with Crippen molar-refractivity contribution in [2.45, 2.75) is 386 Å². The van der Waals surface area contributed by atoms with Gasteiger partial charge in [0, 0.05) is 19.3 Å². The Labute approximate surface area is 516 Å². The highest BCUT2D eigenvalue weighted by molar-refractivity contribution is 5.71. The van der Waals surface area contributed by atoms with Gasteiger partial charge in [0.2, 0.25) is 0 Å². The fourth-order valence-corrected chi connectivity index (χ4v) is 10.8. The second kappa shape index (κ2) is 71.3. The van der Waals surface area contributed by atoms with Crippen LogP contribution in [0.1, 0.15) is 380 Å². The van der Waals surface area contributed by atoms with Crippen LogP contribution in [0.3, 0.4) is 0 Å². The second-order valence-electron chi connectivity index (χ2n) is 24.5. The van der Waals surface area contributed by atoms with Crippen LogP contribution in [0.25, 0.3) is 0 Å². The average molecular weight is 1160 g/mol. The number of hydrogen-bond donors (Lipinski definition) is 0. The van der Waals surface area contributed by atoms with Crippen molar-refractivity contribution >= 4 is 17.9 Å². The van der Waals surface area contributed by atoms with Gasteiger partial charge in [-0.3, -0.25) is 14.4 Å². The third-order valence-corrected chi connectivity index (χ3v) is 16.2. The van der Waals surface area contributed by atoms with Crippen LogP contribution >= 0.6 is 0 Å². The molecule has 482 valence electrons. The Morgan fingerprint density at radius 1 is 0.253 bits per heavy atom. The quantitative estimate of drug-likeness (QED) is 0.0261. The SMILES string of the molecule is CC/C=C\C/C=C\C/C=C\C/C=C\CCCCCCC(=O)OC(COC(=O)CCCCCCCCCCCCCCCCCCC)COC(=O)CCCCCCCCCCCCCCCCCCCCC/C=C\C/C=C\CCCCCCC. The van der Waals surface area contributed by atoms with Crippen molar-refractivity contribution in [2.75, 3.05) is 13.2 Å². The molecule has 0 aliphatic heterocycles. The summed E-state index contributed by atoms with van der Waals surface area (Å²) < 4.78 is 17.0. The maximum Gasteiger partial charge on any atom is 0.306 e. The normalized spacial score (nSPS) is 12.5. The van der Waals surface area contributed by atoms with Gasteiger partial charge in [-0.25, -0.2) is 0 Å². The lowest BCUT2D eigenvalue weighted by Crippen LogP contribution is -2.30. The van der Waals surface area contributed by atoms with Crippen LogP contribution < -0.4 is 0 Å². The fraction of sp³-hybridized carbons (Fsp3) is 0.805. The van der Waals surface area contributed by atoms with E-state index in [-0.39, 0.29) is 31.1 Å². The molecule has 0 radical (unpaired) electrons. The van der Waals surface area contributed by atoms with Crippen molar-refractivity contribution in [3.63, 3.8) is 0 Å². The smallest absolute Gasteiger partial charge is 0.306 e. The van der Waals surface area contributed by atoms with Gasteiger partial charge in [0.15, 0.2) is 6.10 Å². The molecule has 0 heterocycles. The number of allylic oxidation sites excluding steroid dienone is 12. The molecule has 1 unspecified atom stereocenters. The van der Waals surface area contributed by atoms with Gasteiger partial charge in [-0.1, -0.05) is 344 Å². The summed E-state index contributed by atoms with van der Waals surface area (Å²) in [6.07, 6.45) is 93.7. The van der Waals surface area contributed by atoms with E-state index in [9.17, 15) is 14.4 Å². The first-order valence-corrected chi connectivity index (χ1v) is 36.4. The van der Waals surface area contributed by atoms with Crippen molar-refractivity contribution in [3.05, 3.63) is 72.9 Å². The zero-order chi connectivity index (χ0) is 59.9. The Bertz CT molecular complexity index is 1520. The highest BCUT2D eigenvalue weighted by Gasteiger charge is 2.19. The maximum atomic E-state index is 12.9. The van der Waals surface area contributed by atoms with Crippen molar-refractivity contribution in [1.82, 2.24) is 0 Å². The highest BCUT2D eigenvalue weighted by Crippen LogP contribution is 2.18. The van der Waals surface area contributed by atoms with Crippen molar-refractivity contribution < 1.29 is 28.6 Å². The minimum absolute atomic E-state index is 0.0804. The van der Waals surface area contributed by atoms with E-state index in [0.717, 1.165) is 103 Å². The first-order valence-electron chi connectivity index (χ1n) is 36.4. The molecule has 0 amide bonds. The predicted molar refractivity (Wildman–Crippen MR) is 362 cm³/mol. The minimum atomic E-state index is -0.787. The summed E-state index contributed by atoms with van der Waals surface area (Å²) in [5.74, 6) is -0.880. The number of rotatable bonds is 67. The molecule has 1 atom stereocenters. The molecule has 83 heavy (non-hydrogen) atoms. The number of carbonyl (C=O) groups is 3. The van der Waals surface area contributed by atoms with Gasteiger partial charge in [-0.15, -0.1) is 0 Å². The minimum Gasteiger partial charge on any atom is -0.462 e. The standard InChI is InChI=1S/C77H138O6/c1-4-7-10-13-16-19-22-25-28-31-32-33-34-35-36-37-38-39-40-41-42-43-44-47-49-52-55-58-61-64-67-70-76(79)82-73-74(83-77(80)71-68-65-62-59-56-53-50-46-30-27-24-21-18-15-12-9-6-3)72-81-75(78)69-66-63-60-57-54-51-48-45-29-26-23-20-17-14-11-8-5-2/h9,12,18,21-22,25,27,30-32,50,53,74H,4-8,10-11,13-17,19-20,23-24,26,28-29,33-49,51-52,54-73H2,1-3H3/b12-9-,21-18-,25-22-,30-27-,32-31-,53-50-. The molecule has 0 N–H and O–H groups in total. The number of unbranched alkanes of at least 4 members (excludes halogenated alkanes) is 44. The summed E-state index contributed by atoms with van der Waals surface area (Å²) in [7, 11) is 0. The lowest BCUT2D eigenvalue weighted by molar-refractivity contribution is -0.167. The Morgan fingerprint density at radius 3 is 0.735 bits per heavy atom. The van der Waals surface area contributed by atoms with E-state index in [0.29, 0.717) is 19.3 Å². The van der Waals surface area contributed by atoms with Gasteiger partial charge in [0.05, 0.1) is 0 Å². The third-order valence-electron chi connectivity index (χ3n) is 16.2. The van der Waals surface area contributed by atoms with E-state index >= 15 is 0 Å². The van der Waals surface area contributed by atoms with Crippen molar-refractivity contribution in [2.24, 2.45) is 0 Å². The third kappa shape index (κ3) is 69.5. The molecule has 0 aliphatic rings. The molecule has 0 aromatic heterocycles. The van der Waals surface area contributed by atoms with Gasteiger partial charge >= 0.3 is 17.9 Å². The van der Waals surface area contributed by atoms with Crippen molar-refractivity contribution in [1.29, 1.82) is 0 Å². The summed E-state index contributed by atoms with van der Waals surface area (Å²) in [6.45, 7) is 6.56. The largest absolute Gasteiger partial charge is 0.462 e. The van der Waals surface area contributed by atoms with E-state index in [4.69, 9.17) is 14.2 Å². The zero-order valence-electron chi connectivity index (χ0n) is 55.5. The predicted octanol–water partition coefficient (Wildman–Crippen LogP) is 25.2. The average Bonchev–Trinajstić information content (AvgIpc) is 3.50. The summed E-state index contributed by atoms with van der Waals surface area (Å²) in [5.41, 5.74) is 0. The Kier molecular flexibility index (Phi) is 68.6. The van der Waals surface area contributed by atoms with E-state index in [1.165, 1.54) is 238 Å². The second-order valence-corrected chi connectivity index (χ2v) is 24.5. The molecular formula is C77H138O6. The topological polar surface area (TPSA) is 78.9 Å². The summed E-state index contributed by atoms with van der Waals surface area (Å²) in [6, 6.07) is 0. The Hall–Kier alpha value is -3.15. The van der Waals surface area contributed by atoms with Crippen LogP contribution in [0.4, 0.5) is 0 Å². The van der Waals surface area contributed by atoms with Crippen LogP contribution in [0.15, 0.2) is 72.9 Å². The maximum absolute atomic E-state index is 12.9. The molecule has 6 nitrogen and oxygen atoms in total. The number of hydrogen-bond acceptors (Lipinski definition) is 6. The van der Waals surface area contributed by atoms with E-state index < -0.39 is 6.10 Å². The first-order chi connectivity index (χ1) is 41.0. The Morgan fingerprint density at radius 2 is 0.470 bits per heavy atom. The van der Waals surface area contributed by atoms with Gasteiger partial charge in [-0.2, -0.15) is 0 Å². The molecule has 0 aliphatic carbocycles. The van der Waals surface area contributed by atoms with Gasteiger partial charge in [-0.05, 0) is 89.9 Å². The molecule has 0 rings (SSSR count).